The quantitative estimate of drug-likeness (QED) is 0.747. The number of rotatable bonds is 2. The molecule has 0 heterocycles. The Balaban J connectivity index is 2.34. The smallest absolute Gasteiger partial charge is 0.326 e. The highest BCUT2D eigenvalue weighted by Crippen LogP contribution is 2.39. The standard InChI is InChI=1S/C12H18O2Si/c13-15(14)12(9-5-2-6-10-12)11-7-3-1-4-8-11/h1,3-4,7-8,13-15H,2,5-6,9-10H2. The molecule has 0 amide bonds. The van der Waals surface area contributed by atoms with Crippen LogP contribution in [0.1, 0.15) is 37.7 Å². The summed E-state index contributed by atoms with van der Waals surface area (Å²) in [5.41, 5.74) is 1.13. The van der Waals surface area contributed by atoms with Gasteiger partial charge in [0.15, 0.2) is 0 Å². The van der Waals surface area contributed by atoms with E-state index in [9.17, 15) is 9.59 Å². The number of benzene rings is 1. The van der Waals surface area contributed by atoms with Crippen molar-refractivity contribution in [1.29, 1.82) is 0 Å². The summed E-state index contributed by atoms with van der Waals surface area (Å²) >= 11 is 0. The monoisotopic (exact) mass is 222 g/mol. The molecule has 0 spiro atoms. The summed E-state index contributed by atoms with van der Waals surface area (Å²) in [6.45, 7) is 0. The lowest BCUT2D eigenvalue weighted by atomic mass is 9.83. The van der Waals surface area contributed by atoms with E-state index in [4.69, 9.17) is 0 Å². The first-order chi connectivity index (χ1) is 7.26. The van der Waals surface area contributed by atoms with E-state index in [-0.39, 0.29) is 5.04 Å². The van der Waals surface area contributed by atoms with Gasteiger partial charge in [0.05, 0.1) is 0 Å². The first kappa shape index (κ1) is 10.9. The predicted octanol–water partition coefficient (Wildman–Crippen LogP) is 1.63. The highest BCUT2D eigenvalue weighted by atomic mass is 28.3. The summed E-state index contributed by atoms with van der Waals surface area (Å²) in [7, 11) is -2.61. The van der Waals surface area contributed by atoms with E-state index in [0.717, 1.165) is 31.2 Å². The molecular weight excluding hydrogens is 204 g/mol. The average Bonchev–Trinajstić information content (AvgIpc) is 2.31. The van der Waals surface area contributed by atoms with E-state index in [1.54, 1.807) is 0 Å². The van der Waals surface area contributed by atoms with Gasteiger partial charge in [0.2, 0.25) is 0 Å². The van der Waals surface area contributed by atoms with Crippen LogP contribution in [0, 0.1) is 0 Å². The van der Waals surface area contributed by atoms with Crippen LogP contribution >= 0.6 is 0 Å². The molecule has 1 saturated carbocycles. The first-order valence-electron chi connectivity index (χ1n) is 5.67. The molecule has 1 aromatic rings. The Hall–Kier alpha value is -0.643. The molecule has 1 aliphatic rings. The average molecular weight is 222 g/mol. The topological polar surface area (TPSA) is 40.5 Å². The molecule has 0 bridgehead atoms. The minimum atomic E-state index is -2.61. The minimum absolute atomic E-state index is 0.278. The van der Waals surface area contributed by atoms with Gasteiger partial charge in [-0.15, -0.1) is 0 Å². The Morgan fingerprint density at radius 3 is 2.07 bits per heavy atom. The Morgan fingerprint density at radius 1 is 0.933 bits per heavy atom. The lowest BCUT2D eigenvalue weighted by molar-refractivity contribution is 0.284. The molecule has 0 radical (unpaired) electrons. The third kappa shape index (κ3) is 2.00. The zero-order valence-corrected chi connectivity index (χ0v) is 10.0. The first-order valence-corrected chi connectivity index (χ1v) is 7.28. The normalized spacial score (nSPS) is 20.5. The van der Waals surface area contributed by atoms with Crippen LogP contribution in [0.2, 0.25) is 0 Å². The fourth-order valence-corrected chi connectivity index (χ4v) is 4.06. The van der Waals surface area contributed by atoms with Crippen molar-refractivity contribution < 1.29 is 9.59 Å². The molecule has 1 fully saturated rings. The van der Waals surface area contributed by atoms with Crippen molar-refractivity contribution in [3.8, 4) is 0 Å². The van der Waals surface area contributed by atoms with Crippen LogP contribution < -0.4 is 0 Å². The van der Waals surface area contributed by atoms with Crippen LogP contribution in [-0.2, 0) is 5.04 Å². The fraction of sp³-hybridized carbons (Fsp3) is 0.500. The molecule has 2 rings (SSSR count). The molecule has 0 saturated heterocycles. The molecule has 0 aliphatic heterocycles. The van der Waals surface area contributed by atoms with E-state index in [1.165, 1.54) is 6.42 Å². The largest absolute Gasteiger partial charge is 0.412 e. The van der Waals surface area contributed by atoms with Crippen LogP contribution in [0.5, 0.6) is 0 Å². The molecule has 3 heteroatoms. The van der Waals surface area contributed by atoms with Crippen molar-refractivity contribution in [3.63, 3.8) is 0 Å². The van der Waals surface area contributed by atoms with Crippen LogP contribution in [0.4, 0.5) is 0 Å². The fourth-order valence-electron chi connectivity index (χ4n) is 2.65. The molecule has 1 aromatic carbocycles. The molecule has 2 N–H and O–H groups in total. The molecule has 15 heavy (non-hydrogen) atoms. The van der Waals surface area contributed by atoms with E-state index < -0.39 is 9.28 Å². The van der Waals surface area contributed by atoms with Gasteiger partial charge in [-0.25, -0.2) is 0 Å². The van der Waals surface area contributed by atoms with E-state index >= 15 is 0 Å². The highest BCUT2D eigenvalue weighted by molar-refractivity contribution is 6.45. The van der Waals surface area contributed by atoms with Gasteiger partial charge in [-0.1, -0.05) is 49.6 Å². The van der Waals surface area contributed by atoms with Crippen molar-refractivity contribution in [2.45, 2.75) is 37.1 Å². The van der Waals surface area contributed by atoms with Crippen LogP contribution in [0.25, 0.3) is 0 Å². The van der Waals surface area contributed by atoms with E-state index in [1.807, 2.05) is 30.3 Å². The highest BCUT2D eigenvalue weighted by Gasteiger charge is 2.41. The van der Waals surface area contributed by atoms with Crippen LogP contribution in [-0.4, -0.2) is 18.9 Å². The van der Waals surface area contributed by atoms with Gasteiger partial charge < -0.3 is 9.59 Å². The van der Waals surface area contributed by atoms with Crippen LogP contribution in [0.15, 0.2) is 30.3 Å². The predicted molar refractivity (Wildman–Crippen MR) is 62.8 cm³/mol. The van der Waals surface area contributed by atoms with Gasteiger partial charge in [-0.2, -0.15) is 0 Å². The molecule has 2 nitrogen and oxygen atoms in total. The molecule has 0 aromatic heterocycles. The Morgan fingerprint density at radius 2 is 1.53 bits per heavy atom. The Bertz CT molecular complexity index is 305. The van der Waals surface area contributed by atoms with Gasteiger partial charge in [-0.3, -0.25) is 0 Å². The van der Waals surface area contributed by atoms with Gasteiger partial charge in [0.25, 0.3) is 0 Å². The summed E-state index contributed by atoms with van der Waals surface area (Å²) in [5, 5.41) is -0.278. The second-order valence-corrected chi connectivity index (χ2v) is 6.31. The second kappa shape index (κ2) is 4.47. The summed E-state index contributed by atoms with van der Waals surface area (Å²) in [5.74, 6) is 0. The van der Waals surface area contributed by atoms with E-state index in [0.29, 0.717) is 0 Å². The number of hydrogen-bond acceptors (Lipinski definition) is 2. The summed E-state index contributed by atoms with van der Waals surface area (Å²) in [6.07, 6.45) is 5.37. The molecule has 0 atom stereocenters. The van der Waals surface area contributed by atoms with Crippen molar-refractivity contribution in [1.82, 2.24) is 0 Å². The third-order valence-corrected chi connectivity index (χ3v) is 5.49. The van der Waals surface area contributed by atoms with Crippen molar-refractivity contribution in [2.75, 3.05) is 0 Å². The van der Waals surface area contributed by atoms with Gasteiger partial charge >= 0.3 is 9.28 Å². The number of hydrogen-bond donors (Lipinski definition) is 2. The Kier molecular flexibility index (Phi) is 3.24. The molecule has 1 aliphatic carbocycles. The van der Waals surface area contributed by atoms with Gasteiger partial charge in [-0.05, 0) is 18.4 Å². The zero-order chi connectivity index (χ0) is 10.7. The third-order valence-electron chi connectivity index (χ3n) is 3.59. The van der Waals surface area contributed by atoms with Crippen molar-refractivity contribution in [2.24, 2.45) is 0 Å². The zero-order valence-electron chi connectivity index (χ0n) is 8.89. The second-order valence-electron chi connectivity index (χ2n) is 4.46. The molecule has 0 unspecified atom stereocenters. The lowest BCUT2D eigenvalue weighted by Crippen LogP contribution is -2.45. The minimum Gasteiger partial charge on any atom is -0.412 e. The lowest BCUT2D eigenvalue weighted by Gasteiger charge is -2.37. The molecular formula is C12H18O2Si. The van der Waals surface area contributed by atoms with E-state index in [2.05, 4.69) is 0 Å². The van der Waals surface area contributed by atoms with Gasteiger partial charge in [0, 0.05) is 5.04 Å². The molecule has 82 valence electrons. The maximum Gasteiger partial charge on any atom is 0.326 e. The van der Waals surface area contributed by atoms with Crippen molar-refractivity contribution >= 4 is 9.28 Å². The SMILES string of the molecule is O[SiH](O)C1(c2ccccc2)CCCCC1. The van der Waals surface area contributed by atoms with Crippen LogP contribution in [0.3, 0.4) is 0 Å². The summed E-state index contributed by atoms with van der Waals surface area (Å²) < 4.78 is 0. The summed E-state index contributed by atoms with van der Waals surface area (Å²) in [6, 6.07) is 10.0. The van der Waals surface area contributed by atoms with Gasteiger partial charge in [0.1, 0.15) is 0 Å². The maximum absolute atomic E-state index is 9.78. The Labute approximate surface area is 92.4 Å². The summed E-state index contributed by atoms with van der Waals surface area (Å²) in [4.78, 5) is 19.6. The van der Waals surface area contributed by atoms with Crippen molar-refractivity contribution in [3.05, 3.63) is 35.9 Å². The maximum atomic E-state index is 9.78.